The monoisotopic (exact) mass is 324 g/mol. The number of aryl methyl sites for hydroxylation is 1. The molecule has 6 nitrogen and oxygen atoms in total. The van der Waals surface area contributed by atoms with E-state index in [9.17, 15) is 22.9 Å². The number of rotatable bonds is 4. The number of anilines is 1. The number of para-hydroxylation sites is 1. The lowest BCUT2D eigenvalue weighted by molar-refractivity contribution is -0.385. The van der Waals surface area contributed by atoms with E-state index >= 15 is 0 Å². The van der Waals surface area contributed by atoms with Crippen molar-refractivity contribution in [3.63, 3.8) is 0 Å². The predicted octanol–water partition coefficient (Wildman–Crippen LogP) is 2.87. The van der Waals surface area contributed by atoms with Crippen molar-refractivity contribution in [2.75, 3.05) is 11.4 Å². The van der Waals surface area contributed by atoms with Crippen molar-refractivity contribution in [1.82, 2.24) is 0 Å². The molecular formula is C14H13FN2O4S. The van der Waals surface area contributed by atoms with E-state index < -0.39 is 20.8 Å². The first-order valence-electron chi connectivity index (χ1n) is 6.23. The van der Waals surface area contributed by atoms with E-state index in [2.05, 4.69) is 0 Å². The molecule has 2 aromatic rings. The minimum absolute atomic E-state index is 0.0986. The van der Waals surface area contributed by atoms with Crippen molar-refractivity contribution in [2.24, 2.45) is 0 Å². The standard InChI is InChI=1S/C14H13FN2O4S/c1-10-9-11(7-8-13(10)17(18)19)22(20,21)16(2)14-6-4-3-5-12(14)15/h3-9H,1-2H3. The second kappa shape index (κ2) is 5.72. The van der Waals surface area contributed by atoms with E-state index in [0.717, 1.165) is 22.5 Å². The minimum Gasteiger partial charge on any atom is -0.266 e. The molecule has 0 radical (unpaired) electrons. The maximum Gasteiger partial charge on any atom is 0.272 e. The van der Waals surface area contributed by atoms with E-state index in [1.807, 2.05) is 0 Å². The van der Waals surface area contributed by atoms with E-state index in [1.54, 1.807) is 0 Å². The molecule has 0 aliphatic carbocycles. The van der Waals surface area contributed by atoms with Crippen molar-refractivity contribution >= 4 is 21.4 Å². The first-order chi connectivity index (χ1) is 10.2. The van der Waals surface area contributed by atoms with Crippen LogP contribution < -0.4 is 4.31 Å². The molecule has 2 rings (SSSR count). The van der Waals surface area contributed by atoms with Crippen molar-refractivity contribution in [3.8, 4) is 0 Å². The number of hydrogen-bond acceptors (Lipinski definition) is 4. The number of nitro benzene ring substituents is 1. The van der Waals surface area contributed by atoms with Gasteiger partial charge >= 0.3 is 0 Å². The number of halogens is 1. The Bertz CT molecular complexity index is 836. The first kappa shape index (κ1) is 15.9. The van der Waals surface area contributed by atoms with Crippen LogP contribution in [-0.4, -0.2) is 20.4 Å². The van der Waals surface area contributed by atoms with Crippen molar-refractivity contribution in [2.45, 2.75) is 11.8 Å². The normalized spacial score (nSPS) is 11.2. The average molecular weight is 324 g/mol. The van der Waals surface area contributed by atoms with Gasteiger partial charge in [-0.15, -0.1) is 0 Å². The Morgan fingerprint density at radius 1 is 1.18 bits per heavy atom. The number of sulfonamides is 1. The molecule has 0 bridgehead atoms. The zero-order valence-electron chi connectivity index (χ0n) is 11.9. The van der Waals surface area contributed by atoms with Crippen LogP contribution in [0.25, 0.3) is 0 Å². The van der Waals surface area contributed by atoms with Crippen LogP contribution in [0.4, 0.5) is 15.8 Å². The van der Waals surface area contributed by atoms with E-state index in [4.69, 9.17) is 0 Å². The maximum absolute atomic E-state index is 13.7. The molecule has 0 saturated heterocycles. The van der Waals surface area contributed by atoms with Crippen LogP contribution in [0.1, 0.15) is 5.56 Å². The second-order valence-electron chi connectivity index (χ2n) is 4.63. The van der Waals surface area contributed by atoms with Gasteiger partial charge in [0.15, 0.2) is 0 Å². The van der Waals surface area contributed by atoms with Crippen molar-refractivity contribution in [3.05, 3.63) is 64.0 Å². The third-order valence-corrected chi connectivity index (χ3v) is 4.98. The van der Waals surface area contributed by atoms with Crippen LogP contribution in [-0.2, 0) is 10.0 Å². The Kier molecular flexibility index (Phi) is 4.14. The number of hydrogen-bond donors (Lipinski definition) is 0. The van der Waals surface area contributed by atoms with Crippen molar-refractivity contribution < 1.29 is 17.7 Å². The molecule has 0 N–H and O–H groups in total. The Morgan fingerprint density at radius 3 is 2.36 bits per heavy atom. The fourth-order valence-electron chi connectivity index (χ4n) is 1.99. The van der Waals surface area contributed by atoms with Crippen molar-refractivity contribution in [1.29, 1.82) is 0 Å². The summed E-state index contributed by atoms with van der Waals surface area (Å²) in [4.78, 5) is 10.1. The highest BCUT2D eigenvalue weighted by Gasteiger charge is 2.25. The molecular weight excluding hydrogens is 311 g/mol. The second-order valence-corrected chi connectivity index (χ2v) is 6.60. The summed E-state index contributed by atoms with van der Waals surface area (Å²) in [6, 6.07) is 8.93. The topological polar surface area (TPSA) is 80.5 Å². The van der Waals surface area contributed by atoms with Crippen LogP contribution in [0.5, 0.6) is 0 Å². The molecule has 22 heavy (non-hydrogen) atoms. The van der Waals surface area contributed by atoms with Gasteiger partial charge in [-0.1, -0.05) is 12.1 Å². The summed E-state index contributed by atoms with van der Waals surface area (Å²) in [6.45, 7) is 1.44. The summed E-state index contributed by atoms with van der Waals surface area (Å²) in [5.41, 5.74) is -0.0565. The highest BCUT2D eigenvalue weighted by atomic mass is 32.2. The Balaban J connectivity index is 2.49. The summed E-state index contributed by atoms with van der Waals surface area (Å²) in [5.74, 6) is -0.674. The van der Waals surface area contributed by atoms with Crippen LogP contribution in [0.3, 0.4) is 0 Å². The molecule has 0 aliphatic rings. The quantitative estimate of drug-likeness (QED) is 0.640. The van der Waals surface area contributed by atoms with E-state index in [-0.39, 0.29) is 21.8 Å². The number of benzene rings is 2. The van der Waals surface area contributed by atoms with Gasteiger partial charge in [0.1, 0.15) is 5.82 Å². The Hall–Kier alpha value is -2.48. The van der Waals surface area contributed by atoms with Gasteiger partial charge in [0.25, 0.3) is 15.7 Å². The third-order valence-electron chi connectivity index (χ3n) is 3.22. The third kappa shape index (κ3) is 2.77. The maximum atomic E-state index is 13.7. The van der Waals surface area contributed by atoms with Gasteiger partial charge in [0.05, 0.1) is 15.5 Å². The van der Waals surface area contributed by atoms with E-state index in [1.165, 1.54) is 38.2 Å². The minimum atomic E-state index is -4.01. The SMILES string of the molecule is Cc1cc(S(=O)(=O)N(C)c2ccccc2F)ccc1[N+](=O)[O-]. The summed E-state index contributed by atoms with van der Waals surface area (Å²) >= 11 is 0. The van der Waals surface area contributed by atoms with Gasteiger partial charge in [0, 0.05) is 18.7 Å². The van der Waals surface area contributed by atoms with Crippen LogP contribution >= 0.6 is 0 Å². The highest BCUT2D eigenvalue weighted by molar-refractivity contribution is 7.92. The lowest BCUT2D eigenvalue weighted by Crippen LogP contribution is -2.27. The lowest BCUT2D eigenvalue weighted by Gasteiger charge is -2.20. The van der Waals surface area contributed by atoms with Crippen LogP contribution in [0.2, 0.25) is 0 Å². The summed E-state index contributed by atoms with van der Waals surface area (Å²) in [5, 5.41) is 10.8. The molecule has 0 saturated carbocycles. The molecule has 0 atom stereocenters. The molecule has 0 spiro atoms. The smallest absolute Gasteiger partial charge is 0.266 e. The lowest BCUT2D eigenvalue weighted by atomic mass is 10.2. The zero-order chi connectivity index (χ0) is 16.5. The molecule has 0 aromatic heterocycles. The van der Waals surface area contributed by atoms with Crippen LogP contribution in [0, 0.1) is 22.9 Å². The Labute approximate surface area is 127 Å². The molecule has 2 aromatic carbocycles. The fourth-order valence-corrected chi connectivity index (χ4v) is 3.28. The van der Waals surface area contributed by atoms with Gasteiger partial charge in [0.2, 0.25) is 0 Å². The van der Waals surface area contributed by atoms with E-state index in [0.29, 0.717) is 0 Å². The molecule has 0 aliphatic heterocycles. The zero-order valence-corrected chi connectivity index (χ0v) is 12.7. The predicted molar refractivity (Wildman–Crippen MR) is 79.8 cm³/mol. The van der Waals surface area contributed by atoms with Gasteiger partial charge < -0.3 is 0 Å². The average Bonchev–Trinajstić information content (AvgIpc) is 2.46. The summed E-state index contributed by atoms with van der Waals surface area (Å²) < 4.78 is 39.6. The molecule has 0 amide bonds. The molecule has 0 fully saturated rings. The molecule has 0 unspecified atom stereocenters. The van der Waals surface area contributed by atoms with Gasteiger partial charge in [-0.05, 0) is 31.2 Å². The largest absolute Gasteiger partial charge is 0.272 e. The van der Waals surface area contributed by atoms with Gasteiger partial charge in [-0.3, -0.25) is 14.4 Å². The highest BCUT2D eigenvalue weighted by Crippen LogP contribution is 2.27. The first-order valence-corrected chi connectivity index (χ1v) is 7.67. The molecule has 0 heterocycles. The molecule has 116 valence electrons. The van der Waals surface area contributed by atoms with Gasteiger partial charge in [-0.2, -0.15) is 0 Å². The fraction of sp³-hybridized carbons (Fsp3) is 0.143. The summed E-state index contributed by atoms with van der Waals surface area (Å²) in [6.07, 6.45) is 0. The Morgan fingerprint density at radius 2 is 1.82 bits per heavy atom. The van der Waals surface area contributed by atoms with Gasteiger partial charge in [-0.25, -0.2) is 12.8 Å². The van der Waals surface area contributed by atoms with Crippen LogP contribution in [0.15, 0.2) is 47.4 Å². The molecule has 8 heteroatoms. The number of nitro groups is 1. The number of nitrogens with zero attached hydrogens (tertiary/aromatic N) is 2. The summed E-state index contributed by atoms with van der Waals surface area (Å²) in [7, 11) is -2.78.